The van der Waals surface area contributed by atoms with Gasteiger partial charge in [0.15, 0.2) is 11.6 Å². The second kappa shape index (κ2) is 5.10. The third-order valence-corrected chi connectivity index (χ3v) is 2.37. The Bertz CT molecular complexity index is 541. The maximum Gasteiger partial charge on any atom is 0.201 e. The van der Waals surface area contributed by atoms with Gasteiger partial charge in [-0.05, 0) is 31.2 Å². The number of hydrogen-bond donors (Lipinski definition) is 1. The van der Waals surface area contributed by atoms with Gasteiger partial charge >= 0.3 is 0 Å². The van der Waals surface area contributed by atoms with Gasteiger partial charge in [0.2, 0.25) is 5.82 Å². The normalized spacial score (nSPS) is 12.2. The molecule has 1 aromatic heterocycles. The van der Waals surface area contributed by atoms with Gasteiger partial charge in [-0.2, -0.15) is 4.39 Å². The Morgan fingerprint density at radius 1 is 1.22 bits per heavy atom. The van der Waals surface area contributed by atoms with E-state index in [1.807, 2.05) is 0 Å². The average Bonchev–Trinajstić information content (AvgIpc) is 2.36. The van der Waals surface area contributed by atoms with Crippen molar-refractivity contribution in [2.45, 2.75) is 13.0 Å². The molecule has 0 radical (unpaired) electrons. The van der Waals surface area contributed by atoms with E-state index >= 15 is 0 Å². The Morgan fingerprint density at radius 3 is 2.61 bits per heavy atom. The van der Waals surface area contributed by atoms with E-state index in [1.165, 1.54) is 18.3 Å². The van der Waals surface area contributed by atoms with Crippen molar-refractivity contribution in [1.82, 2.24) is 4.98 Å². The van der Waals surface area contributed by atoms with Crippen LogP contribution in [0, 0.1) is 11.6 Å². The number of ether oxygens (including phenoxy) is 1. The molecule has 1 unspecified atom stereocenters. The molecule has 5 heteroatoms. The number of benzene rings is 1. The first-order chi connectivity index (χ1) is 8.58. The van der Waals surface area contributed by atoms with Crippen molar-refractivity contribution in [3.05, 3.63) is 53.9 Å². The van der Waals surface area contributed by atoms with Gasteiger partial charge < -0.3 is 10.5 Å². The summed E-state index contributed by atoms with van der Waals surface area (Å²) in [7, 11) is 0. The molecular formula is C13H12F2N2O. The fourth-order valence-electron chi connectivity index (χ4n) is 1.41. The van der Waals surface area contributed by atoms with Crippen molar-refractivity contribution in [2.75, 3.05) is 0 Å². The van der Waals surface area contributed by atoms with Gasteiger partial charge in [0, 0.05) is 6.04 Å². The molecule has 3 nitrogen and oxygen atoms in total. The minimum atomic E-state index is -1.02. The van der Waals surface area contributed by atoms with E-state index in [4.69, 9.17) is 10.5 Å². The van der Waals surface area contributed by atoms with Gasteiger partial charge in [0.1, 0.15) is 5.75 Å². The zero-order valence-electron chi connectivity index (χ0n) is 9.73. The van der Waals surface area contributed by atoms with Crippen molar-refractivity contribution < 1.29 is 13.5 Å². The second-order valence-electron chi connectivity index (χ2n) is 3.86. The fraction of sp³-hybridized carbons (Fsp3) is 0.154. The highest BCUT2D eigenvalue weighted by molar-refractivity contribution is 5.31. The lowest BCUT2D eigenvalue weighted by atomic mass is 10.2. The van der Waals surface area contributed by atoms with E-state index in [0.717, 1.165) is 6.07 Å². The Morgan fingerprint density at radius 2 is 2.00 bits per heavy atom. The monoisotopic (exact) mass is 250 g/mol. The number of nitrogens with two attached hydrogens (primary N) is 1. The number of nitrogens with zero attached hydrogens (tertiary/aromatic N) is 1. The molecule has 0 fully saturated rings. The van der Waals surface area contributed by atoms with Crippen LogP contribution in [0.1, 0.15) is 18.7 Å². The molecule has 2 N–H and O–H groups in total. The molecule has 2 aromatic rings. The van der Waals surface area contributed by atoms with E-state index in [0.29, 0.717) is 11.4 Å². The maximum atomic E-state index is 13.4. The summed E-state index contributed by atoms with van der Waals surface area (Å²) in [5, 5.41) is 0. The van der Waals surface area contributed by atoms with E-state index in [-0.39, 0.29) is 11.8 Å². The van der Waals surface area contributed by atoms with Crippen LogP contribution in [-0.4, -0.2) is 4.98 Å². The Kier molecular flexibility index (Phi) is 3.53. The summed E-state index contributed by atoms with van der Waals surface area (Å²) in [6.45, 7) is 1.80. The van der Waals surface area contributed by atoms with Crippen molar-refractivity contribution in [3.8, 4) is 11.5 Å². The largest absolute Gasteiger partial charge is 0.453 e. The summed E-state index contributed by atoms with van der Waals surface area (Å²) in [4.78, 5) is 4.06. The Balaban J connectivity index is 2.21. The van der Waals surface area contributed by atoms with Crippen LogP contribution in [0.15, 0.2) is 36.5 Å². The van der Waals surface area contributed by atoms with Gasteiger partial charge in [0.05, 0.1) is 11.9 Å². The number of hydrogen-bond acceptors (Lipinski definition) is 3. The lowest BCUT2D eigenvalue weighted by molar-refractivity contribution is 0.414. The zero-order valence-corrected chi connectivity index (χ0v) is 9.73. The maximum absolute atomic E-state index is 13.4. The summed E-state index contributed by atoms with van der Waals surface area (Å²) < 4.78 is 31.5. The summed E-state index contributed by atoms with van der Waals surface area (Å²) >= 11 is 0. The predicted molar refractivity (Wildman–Crippen MR) is 63.3 cm³/mol. The van der Waals surface area contributed by atoms with Gasteiger partial charge in [-0.15, -0.1) is 0 Å². The molecule has 2 rings (SSSR count). The van der Waals surface area contributed by atoms with Crippen LogP contribution in [0.25, 0.3) is 0 Å². The number of pyridine rings is 1. The molecule has 0 saturated heterocycles. The van der Waals surface area contributed by atoms with Gasteiger partial charge in [0.25, 0.3) is 0 Å². The highest BCUT2D eigenvalue weighted by atomic mass is 19.2. The molecular weight excluding hydrogens is 238 g/mol. The molecule has 0 spiro atoms. The molecule has 94 valence electrons. The highest BCUT2D eigenvalue weighted by Crippen LogP contribution is 2.25. The third-order valence-electron chi connectivity index (χ3n) is 2.37. The van der Waals surface area contributed by atoms with Crippen LogP contribution >= 0.6 is 0 Å². The topological polar surface area (TPSA) is 48.1 Å². The summed E-state index contributed by atoms with van der Waals surface area (Å²) in [6.07, 6.45) is 1.42. The minimum absolute atomic E-state index is 0.176. The molecule has 0 aliphatic heterocycles. The number of aromatic nitrogens is 1. The Hall–Kier alpha value is -2.01. The second-order valence-corrected chi connectivity index (χ2v) is 3.86. The summed E-state index contributed by atoms with van der Waals surface area (Å²) in [5.74, 6) is -1.82. The summed E-state index contributed by atoms with van der Waals surface area (Å²) in [6, 6.07) is 6.84. The fourth-order valence-corrected chi connectivity index (χ4v) is 1.41. The first-order valence-corrected chi connectivity index (χ1v) is 5.41. The molecule has 0 bridgehead atoms. The van der Waals surface area contributed by atoms with Crippen LogP contribution in [0.4, 0.5) is 8.78 Å². The van der Waals surface area contributed by atoms with E-state index in [9.17, 15) is 8.78 Å². The summed E-state index contributed by atoms with van der Waals surface area (Å²) in [5.41, 5.74) is 6.34. The van der Waals surface area contributed by atoms with Gasteiger partial charge in [-0.3, -0.25) is 4.98 Å². The predicted octanol–water partition coefficient (Wildman–Crippen LogP) is 3.17. The molecule has 0 amide bonds. The third kappa shape index (κ3) is 2.62. The number of rotatable bonds is 3. The lowest BCUT2D eigenvalue weighted by Crippen LogP contribution is -2.06. The van der Waals surface area contributed by atoms with Crippen LogP contribution < -0.4 is 10.5 Å². The SMILES string of the molecule is CC(N)c1ccc(Oc2cccc(F)c2F)cn1. The van der Waals surface area contributed by atoms with Crippen LogP contribution in [0.3, 0.4) is 0 Å². The van der Waals surface area contributed by atoms with Crippen LogP contribution in [0.2, 0.25) is 0 Å². The molecule has 18 heavy (non-hydrogen) atoms. The molecule has 1 aromatic carbocycles. The Labute approximate surface area is 103 Å². The molecule has 0 aliphatic carbocycles. The van der Waals surface area contributed by atoms with Crippen LogP contribution in [0.5, 0.6) is 11.5 Å². The highest BCUT2D eigenvalue weighted by Gasteiger charge is 2.10. The molecule has 0 saturated carbocycles. The quantitative estimate of drug-likeness (QED) is 0.910. The average molecular weight is 250 g/mol. The van der Waals surface area contributed by atoms with Crippen molar-refractivity contribution in [2.24, 2.45) is 5.73 Å². The van der Waals surface area contributed by atoms with E-state index in [2.05, 4.69) is 4.98 Å². The van der Waals surface area contributed by atoms with Crippen molar-refractivity contribution in [1.29, 1.82) is 0 Å². The van der Waals surface area contributed by atoms with Crippen LogP contribution in [-0.2, 0) is 0 Å². The van der Waals surface area contributed by atoms with Gasteiger partial charge in [-0.25, -0.2) is 4.39 Å². The van der Waals surface area contributed by atoms with Crippen molar-refractivity contribution >= 4 is 0 Å². The van der Waals surface area contributed by atoms with Gasteiger partial charge in [-0.1, -0.05) is 6.07 Å². The molecule has 1 atom stereocenters. The standard InChI is InChI=1S/C13H12F2N2O/c1-8(16)11-6-5-9(7-17-11)18-12-4-2-3-10(14)13(12)15/h2-8H,16H2,1H3. The molecule has 1 heterocycles. The number of halogens is 2. The smallest absolute Gasteiger partial charge is 0.201 e. The lowest BCUT2D eigenvalue weighted by Gasteiger charge is -2.08. The van der Waals surface area contributed by atoms with Crippen molar-refractivity contribution in [3.63, 3.8) is 0 Å². The first-order valence-electron chi connectivity index (χ1n) is 5.41. The molecule has 0 aliphatic rings. The van der Waals surface area contributed by atoms with E-state index in [1.54, 1.807) is 19.1 Å². The van der Waals surface area contributed by atoms with E-state index < -0.39 is 11.6 Å². The minimum Gasteiger partial charge on any atom is -0.453 e. The first kappa shape index (κ1) is 12.4. The zero-order chi connectivity index (χ0) is 13.1.